The predicted molar refractivity (Wildman–Crippen MR) is 142 cm³/mol. The van der Waals surface area contributed by atoms with Gasteiger partial charge in [-0.05, 0) is 49.8 Å². The van der Waals surface area contributed by atoms with Crippen molar-refractivity contribution in [2.75, 3.05) is 25.7 Å². The number of aliphatic carboxylic acids is 1. The Morgan fingerprint density at radius 1 is 1.03 bits per heavy atom. The summed E-state index contributed by atoms with van der Waals surface area (Å²) in [5, 5.41) is 13.2. The average molecular weight is 502 g/mol. The first-order chi connectivity index (χ1) is 18.0. The van der Waals surface area contributed by atoms with E-state index in [4.69, 9.17) is 19.6 Å². The van der Waals surface area contributed by atoms with Crippen molar-refractivity contribution in [3.05, 3.63) is 55.0 Å². The summed E-state index contributed by atoms with van der Waals surface area (Å²) >= 11 is 0. The number of anilines is 2. The van der Waals surface area contributed by atoms with Crippen LogP contribution in [0.5, 0.6) is 11.5 Å². The highest BCUT2D eigenvalue weighted by molar-refractivity contribution is 5.82. The summed E-state index contributed by atoms with van der Waals surface area (Å²) in [6, 6.07) is 12.1. The summed E-state index contributed by atoms with van der Waals surface area (Å²) in [7, 11) is 3.32. The van der Waals surface area contributed by atoms with Crippen LogP contribution in [0, 0.1) is 5.92 Å². The van der Waals surface area contributed by atoms with E-state index in [0.29, 0.717) is 18.9 Å². The summed E-state index contributed by atoms with van der Waals surface area (Å²) in [6.45, 7) is 1.57. The Kier molecular flexibility index (Phi) is 7.20. The molecule has 37 heavy (non-hydrogen) atoms. The molecule has 0 unspecified atom stereocenters. The molecule has 1 aliphatic rings. The predicted octanol–water partition coefficient (Wildman–Crippen LogP) is 5.31. The van der Waals surface area contributed by atoms with E-state index < -0.39 is 5.97 Å². The van der Waals surface area contributed by atoms with Crippen LogP contribution in [0.1, 0.15) is 32.1 Å². The van der Waals surface area contributed by atoms with Gasteiger partial charge in [-0.15, -0.1) is 0 Å². The maximum absolute atomic E-state index is 10.7. The minimum atomic E-state index is -0.770. The summed E-state index contributed by atoms with van der Waals surface area (Å²) in [6.07, 6.45) is 9.49. The molecule has 2 aromatic heterocycles. The van der Waals surface area contributed by atoms with Crippen molar-refractivity contribution in [3.63, 3.8) is 0 Å². The molecule has 0 bridgehead atoms. The molecule has 0 spiro atoms. The number of carbonyl (C=O) groups is 1. The molecule has 0 atom stereocenters. The van der Waals surface area contributed by atoms with Crippen LogP contribution in [0.15, 0.2) is 55.0 Å². The Hall–Kier alpha value is -4.14. The Balaban J connectivity index is 1.42. The van der Waals surface area contributed by atoms with Gasteiger partial charge in [-0.3, -0.25) is 14.5 Å². The van der Waals surface area contributed by atoms with Crippen molar-refractivity contribution in [2.45, 2.75) is 38.6 Å². The Morgan fingerprint density at radius 3 is 2.51 bits per heavy atom. The Bertz CT molecular complexity index is 1380. The number of aromatic nitrogens is 4. The van der Waals surface area contributed by atoms with Crippen molar-refractivity contribution in [3.8, 4) is 22.8 Å². The van der Waals surface area contributed by atoms with E-state index in [1.165, 1.54) is 12.8 Å². The van der Waals surface area contributed by atoms with Gasteiger partial charge in [0, 0.05) is 60.8 Å². The van der Waals surface area contributed by atoms with E-state index in [9.17, 15) is 4.79 Å². The van der Waals surface area contributed by atoms with E-state index in [1.54, 1.807) is 26.6 Å². The molecule has 9 heteroatoms. The van der Waals surface area contributed by atoms with Gasteiger partial charge >= 0.3 is 5.97 Å². The molecular weight excluding hydrogens is 470 g/mol. The van der Waals surface area contributed by atoms with Crippen LogP contribution >= 0.6 is 0 Å². The molecule has 9 nitrogen and oxygen atoms in total. The third kappa shape index (κ3) is 5.99. The molecule has 192 valence electrons. The molecule has 5 rings (SSSR count). The lowest BCUT2D eigenvalue weighted by atomic mass is 10.1. The smallest absolute Gasteiger partial charge is 0.303 e. The first-order valence-corrected chi connectivity index (χ1v) is 12.5. The number of methoxy groups -OCH3 is 2. The van der Waals surface area contributed by atoms with Crippen molar-refractivity contribution >= 4 is 28.4 Å². The number of hydrogen-bond acceptors (Lipinski definition) is 7. The highest BCUT2D eigenvalue weighted by Crippen LogP contribution is 2.38. The second kappa shape index (κ2) is 10.9. The third-order valence-corrected chi connectivity index (χ3v) is 6.58. The molecule has 0 amide bonds. The lowest BCUT2D eigenvalue weighted by Crippen LogP contribution is -2.20. The summed E-state index contributed by atoms with van der Waals surface area (Å²) in [4.78, 5) is 22.6. The average Bonchev–Trinajstić information content (AvgIpc) is 3.62. The zero-order valence-electron chi connectivity index (χ0n) is 21.1. The number of benzene rings is 2. The highest BCUT2D eigenvalue weighted by atomic mass is 16.5. The van der Waals surface area contributed by atoms with Crippen LogP contribution in [0.25, 0.3) is 22.3 Å². The van der Waals surface area contributed by atoms with Gasteiger partial charge in [0.15, 0.2) is 0 Å². The molecule has 1 saturated carbocycles. The maximum Gasteiger partial charge on any atom is 0.303 e. The van der Waals surface area contributed by atoms with Crippen LogP contribution < -0.4 is 14.4 Å². The van der Waals surface area contributed by atoms with Gasteiger partial charge in [-0.1, -0.05) is 0 Å². The number of carboxylic acid groups (broad SMARTS) is 1. The van der Waals surface area contributed by atoms with Gasteiger partial charge in [-0.2, -0.15) is 5.10 Å². The number of fused-ring (bicyclic) bond motifs is 1. The van der Waals surface area contributed by atoms with Gasteiger partial charge in [-0.25, -0.2) is 4.98 Å². The standard InChI is InChI=1S/C28H31N5O4/c1-36-23-11-22(12-24(14-23)37-2)33(17-19-6-7-19)21-8-9-25-26(13-21)31-27(16-29-25)20-15-30-32(18-20)10-4-3-5-28(34)35/h8-9,11-16,18-19H,3-7,10,17H2,1-2H3,(H,34,35). The normalized spacial score (nSPS) is 13.0. The first kappa shape index (κ1) is 24.5. The topological polar surface area (TPSA) is 103 Å². The molecule has 2 heterocycles. The fourth-order valence-corrected chi connectivity index (χ4v) is 4.34. The molecule has 0 radical (unpaired) electrons. The van der Waals surface area contributed by atoms with Gasteiger partial charge in [0.2, 0.25) is 0 Å². The minimum Gasteiger partial charge on any atom is -0.497 e. The summed E-state index contributed by atoms with van der Waals surface area (Å²) in [5.74, 6) is 1.39. The van der Waals surface area contributed by atoms with Crippen LogP contribution in [0.4, 0.5) is 11.4 Å². The molecule has 4 aromatic rings. The first-order valence-electron chi connectivity index (χ1n) is 12.5. The molecule has 1 N–H and O–H groups in total. The molecule has 2 aromatic carbocycles. The Labute approximate surface area is 215 Å². The fraction of sp³-hybridized carbons (Fsp3) is 0.357. The second-order valence-corrected chi connectivity index (χ2v) is 9.40. The molecular formula is C28H31N5O4. The zero-order chi connectivity index (χ0) is 25.8. The van der Waals surface area contributed by atoms with Crippen LogP contribution in [-0.4, -0.2) is 51.6 Å². The number of unbranched alkanes of at least 4 members (excludes halogenated alkanes) is 1. The number of rotatable bonds is 12. The zero-order valence-corrected chi connectivity index (χ0v) is 21.1. The largest absolute Gasteiger partial charge is 0.497 e. The van der Waals surface area contributed by atoms with E-state index >= 15 is 0 Å². The van der Waals surface area contributed by atoms with Crippen LogP contribution in [0.2, 0.25) is 0 Å². The van der Waals surface area contributed by atoms with Crippen molar-refractivity contribution in [1.82, 2.24) is 19.7 Å². The fourth-order valence-electron chi connectivity index (χ4n) is 4.34. The minimum absolute atomic E-state index is 0.174. The highest BCUT2D eigenvalue weighted by Gasteiger charge is 2.26. The molecule has 0 aliphatic heterocycles. The monoisotopic (exact) mass is 501 g/mol. The van der Waals surface area contributed by atoms with Gasteiger partial charge < -0.3 is 19.5 Å². The lowest BCUT2D eigenvalue weighted by molar-refractivity contribution is -0.137. The number of ether oxygens (including phenoxy) is 2. The quantitative estimate of drug-likeness (QED) is 0.261. The molecule has 1 fully saturated rings. The summed E-state index contributed by atoms with van der Waals surface area (Å²) in [5.41, 5.74) is 5.30. The van der Waals surface area contributed by atoms with E-state index in [0.717, 1.165) is 58.1 Å². The number of nitrogens with zero attached hydrogens (tertiary/aromatic N) is 5. The SMILES string of the molecule is COc1cc(OC)cc(N(CC2CC2)c2ccc3ncc(-c4cnn(CCCCC(=O)O)c4)nc3c2)c1. The Morgan fingerprint density at radius 2 is 1.81 bits per heavy atom. The van der Waals surface area contributed by atoms with E-state index in [2.05, 4.69) is 27.1 Å². The van der Waals surface area contributed by atoms with Gasteiger partial charge in [0.25, 0.3) is 0 Å². The van der Waals surface area contributed by atoms with Gasteiger partial charge in [0.1, 0.15) is 11.5 Å². The molecule has 1 aliphatic carbocycles. The van der Waals surface area contributed by atoms with Gasteiger partial charge in [0.05, 0.1) is 43.3 Å². The van der Waals surface area contributed by atoms with Crippen LogP contribution in [0.3, 0.4) is 0 Å². The number of hydrogen-bond donors (Lipinski definition) is 1. The van der Waals surface area contributed by atoms with E-state index in [-0.39, 0.29) is 6.42 Å². The van der Waals surface area contributed by atoms with Crippen molar-refractivity contribution < 1.29 is 19.4 Å². The van der Waals surface area contributed by atoms with Crippen LogP contribution in [-0.2, 0) is 11.3 Å². The number of carboxylic acids is 1. The second-order valence-electron chi connectivity index (χ2n) is 9.40. The van der Waals surface area contributed by atoms with Crippen molar-refractivity contribution in [2.24, 2.45) is 5.92 Å². The summed E-state index contributed by atoms with van der Waals surface area (Å²) < 4.78 is 12.9. The van der Waals surface area contributed by atoms with Crippen molar-refractivity contribution in [1.29, 1.82) is 0 Å². The number of aryl methyl sites for hydroxylation is 1. The molecule has 0 saturated heterocycles. The maximum atomic E-state index is 10.7. The third-order valence-electron chi connectivity index (χ3n) is 6.58. The lowest BCUT2D eigenvalue weighted by Gasteiger charge is -2.26. The van der Waals surface area contributed by atoms with E-state index in [1.807, 2.05) is 35.1 Å².